The first-order valence-electron chi connectivity index (χ1n) is 5.12. The molecule has 5 N–H and O–H groups in total. The Morgan fingerprint density at radius 3 is 2.38 bits per heavy atom. The van der Waals surface area contributed by atoms with Gasteiger partial charge in [-0.2, -0.15) is 0 Å². The zero-order valence-electron chi connectivity index (χ0n) is 9.27. The van der Waals surface area contributed by atoms with E-state index in [1.54, 1.807) is 0 Å². The van der Waals surface area contributed by atoms with E-state index >= 15 is 0 Å². The van der Waals surface area contributed by atoms with Crippen molar-refractivity contribution in [2.24, 2.45) is 16.9 Å². The molecule has 0 aliphatic heterocycles. The molecule has 0 saturated heterocycles. The fourth-order valence-electron chi connectivity index (χ4n) is 1.11. The average Bonchev–Trinajstić information content (AvgIpc) is 1.98. The molecule has 0 radical (unpaired) electrons. The SMILES string of the molecule is CC(C)(C)CNC[C@@H](N)CCCN. The Balaban J connectivity index is 3.31. The number of hydrogen-bond acceptors (Lipinski definition) is 3. The molecule has 0 bridgehead atoms. The van der Waals surface area contributed by atoms with Crippen LogP contribution in [0.25, 0.3) is 0 Å². The summed E-state index contributed by atoms with van der Waals surface area (Å²) in [5.74, 6) is 0. The van der Waals surface area contributed by atoms with E-state index in [0.29, 0.717) is 5.41 Å². The lowest BCUT2D eigenvalue weighted by molar-refractivity contribution is 0.370. The summed E-state index contributed by atoms with van der Waals surface area (Å²) < 4.78 is 0. The molecule has 0 aromatic rings. The van der Waals surface area contributed by atoms with Crippen LogP contribution in [-0.2, 0) is 0 Å². The molecule has 0 saturated carbocycles. The van der Waals surface area contributed by atoms with Gasteiger partial charge in [0.1, 0.15) is 0 Å². The highest BCUT2D eigenvalue weighted by atomic mass is 14.9. The molecular formula is C10H25N3. The maximum Gasteiger partial charge on any atom is 0.0165 e. The van der Waals surface area contributed by atoms with Crippen LogP contribution in [0.1, 0.15) is 33.6 Å². The smallest absolute Gasteiger partial charge is 0.0165 e. The van der Waals surface area contributed by atoms with E-state index in [4.69, 9.17) is 11.5 Å². The van der Waals surface area contributed by atoms with Crippen LogP contribution in [0.5, 0.6) is 0 Å². The first-order valence-corrected chi connectivity index (χ1v) is 5.12. The van der Waals surface area contributed by atoms with Crippen LogP contribution in [0.3, 0.4) is 0 Å². The second kappa shape index (κ2) is 6.35. The van der Waals surface area contributed by atoms with Crippen LogP contribution >= 0.6 is 0 Å². The largest absolute Gasteiger partial charge is 0.330 e. The van der Waals surface area contributed by atoms with E-state index < -0.39 is 0 Å². The molecule has 3 nitrogen and oxygen atoms in total. The molecule has 0 unspecified atom stereocenters. The first kappa shape index (κ1) is 12.9. The van der Waals surface area contributed by atoms with Crippen molar-refractivity contribution >= 4 is 0 Å². The summed E-state index contributed by atoms with van der Waals surface area (Å²) in [4.78, 5) is 0. The van der Waals surface area contributed by atoms with E-state index in [0.717, 1.165) is 32.5 Å². The summed E-state index contributed by atoms with van der Waals surface area (Å²) in [6.45, 7) is 9.30. The van der Waals surface area contributed by atoms with E-state index in [1.165, 1.54) is 0 Å². The predicted molar refractivity (Wildman–Crippen MR) is 58.6 cm³/mol. The minimum absolute atomic E-state index is 0.255. The number of hydrogen-bond donors (Lipinski definition) is 3. The summed E-state index contributed by atoms with van der Waals surface area (Å²) >= 11 is 0. The van der Waals surface area contributed by atoms with Gasteiger partial charge in [0.25, 0.3) is 0 Å². The molecular weight excluding hydrogens is 162 g/mol. The molecule has 0 rings (SSSR count). The Bertz CT molecular complexity index is 118. The van der Waals surface area contributed by atoms with Crippen LogP contribution in [0.4, 0.5) is 0 Å². The van der Waals surface area contributed by atoms with Crippen molar-refractivity contribution < 1.29 is 0 Å². The molecule has 0 fully saturated rings. The Labute approximate surface area is 82.3 Å². The molecule has 80 valence electrons. The second-order valence-corrected chi connectivity index (χ2v) is 4.88. The third-order valence-electron chi connectivity index (χ3n) is 1.84. The van der Waals surface area contributed by atoms with Gasteiger partial charge in [-0.05, 0) is 24.8 Å². The molecule has 1 atom stereocenters. The van der Waals surface area contributed by atoms with E-state index in [-0.39, 0.29) is 6.04 Å². The highest BCUT2D eigenvalue weighted by Crippen LogP contribution is 2.09. The van der Waals surface area contributed by atoms with Gasteiger partial charge in [-0.3, -0.25) is 0 Å². The first-order chi connectivity index (χ1) is 5.95. The van der Waals surface area contributed by atoms with Crippen molar-refractivity contribution in [3.05, 3.63) is 0 Å². The monoisotopic (exact) mass is 187 g/mol. The van der Waals surface area contributed by atoms with Gasteiger partial charge in [0.05, 0.1) is 0 Å². The van der Waals surface area contributed by atoms with E-state index in [1.807, 2.05) is 0 Å². The molecule has 0 amide bonds. The molecule has 3 heteroatoms. The summed E-state index contributed by atoms with van der Waals surface area (Å²) in [7, 11) is 0. The van der Waals surface area contributed by atoms with Crippen molar-refractivity contribution in [1.82, 2.24) is 5.32 Å². The summed E-state index contributed by atoms with van der Waals surface area (Å²) in [5, 5.41) is 3.37. The standard InChI is InChI=1S/C10H25N3/c1-10(2,3)8-13-7-9(12)5-4-6-11/h9,13H,4-8,11-12H2,1-3H3/t9-/m0/s1. The summed E-state index contributed by atoms with van der Waals surface area (Å²) in [6, 6.07) is 0.255. The van der Waals surface area contributed by atoms with Crippen molar-refractivity contribution in [2.75, 3.05) is 19.6 Å². The summed E-state index contributed by atoms with van der Waals surface area (Å²) in [6.07, 6.45) is 2.05. The van der Waals surface area contributed by atoms with Gasteiger partial charge in [0.2, 0.25) is 0 Å². The Morgan fingerprint density at radius 2 is 1.92 bits per heavy atom. The predicted octanol–water partition coefficient (Wildman–Crippen LogP) is 0.688. The molecule has 13 heavy (non-hydrogen) atoms. The van der Waals surface area contributed by atoms with Crippen molar-refractivity contribution in [3.63, 3.8) is 0 Å². The number of nitrogens with one attached hydrogen (secondary N) is 1. The van der Waals surface area contributed by atoms with Crippen LogP contribution in [0, 0.1) is 5.41 Å². The van der Waals surface area contributed by atoms with Gasteiger partial charge in [-0.15, -0.1) is 0 Å². The number of rotatable bonds is 6. The maximum absolute atomic E-state index is 5.87. The fraction of sp³-hybridized carbons (Fsp3) is 1.00. The van der Waals surface area contributed by atoms with Crippen LogP contribution in [-0.4, -0.2) is 25.7 Å². The van der Waals surface area contributed by atoms with Crippen LogP contribution in [0.15, 0.2) is 0 Å². The zero-order chi connectivity index (χ0) is 10.3. The third-order valence-corrected chi connectivity index (χ3v) is 1.84. The average molecular weight is 187 g/mol. The highest BCUT2D eigenvalue weighted by molar-refractivity contribution is 4.69. The van der Waals surface area contributed by atoms with Gasteiger partial charge >= 0.3 is 0 Å². The van der Waals surface area contributed by atoms with E-state index in [2.05, 4.69) is 26.1 Å². The molecule has 0 aliphatic carbocycles. The molecule has 0 aromatic carbocycles. The van der Waals surface area contributed by atoms with Gasteiger partial charge in [-0.1, -0.05) is 20.8 Å². The molecule has 0 heterocycles. The van der Waals surface area contributed by atoms with Crippen LogP contribution < -0.4 is 16.8 Å². The summed E-state index contributed by atoms with van der Waals surface area (Å²) in [5.41, 5.74) is 11.6. The third kappa shape index (κ3) is 9.80. The van der Waals surface area contributed by atoms with Gasteiger partial charge in [-0.25, -0.2) is 0 Å². The zero-order valence-corrected chi connectivity index (χ0v) is 9.27. The normalized spacial score (nSPS) is 14.5. The minimum atomic E-state index is 0.255. The Hall–Kier alpha value is -0.120. The molecule has 0 spiro atoms. The lowest BCUT2D eigenvalue weighted by Crippen LogP contribution is -2.37. The topological polar surface area (TPSA) is 64.1 Å². The van der Waals surface area contributed by atoms with Crippen molar-refractivity contribution in [3.8, 4) is 0 Å². The quantitative estimate of drug-likeness (QED) is 0.573. The second-order valence-electron chi connectivity index (χ2n) is 4.88. The van der Waals surface area contributed by atoms with E-state index in [9.17, 15) is 0 Å². The molecule has 0 aromatic heterocycles. The Kier molecular flexibility index (Phi) is 6.29. The molecule has 0 aliphatic rings. The lowest BCUT2D eigenvalue weighted by atomic mass is 9.97. The van der Waals surface area contributed by atoms with Gasteiger partial charge in [0.15, 0.2) is 0 Å². The number of nitrogens with two attached hydrogens (primary N) is 2. The minimum Gasteiger partial charge on any atom is -0.330 e. The Morgan fingerprint density at radius 1 is 1.31 bits per heavy atom. The van der Waals surface area contributed by atoms with Gasteiger partial charge < -0.3 is 16.8 Å². The van der Waals surface area contributed by atoms with Crippen LogP contribution in [0.2, 0.25) is 0 Å². The maximum atomic E-state index is 5.87. The van der Waals surface area contributed by atoms with Crippen molar-refractivity contribution in [1.29, 1.82) is 0 Å². The fourth-order valence-corrected chi connectivity index (χ4v) is 1.11. The lowest BCUT2D eigenvalue weighted by Gasteiger charge is -2.20. The highest BCUT2D eigenvalue weighted by Gasteiger charge is 2.09. The van der Waals surface area contributed by atoms with Crippen molar-refractivity contribution in [2.45, 2.75) is 39.7 Å². The van der Waals surface area contributed by atoms with Gasteiger partial charge in [0, 0.05) is 19.1 Å².